The zero-order chi connectivity index (χ0) is 18.6. The molecule has 2 aromatic carbocycles. The minimum absolute atomic E-state index is 0.0466. The van der Waals surface area contributed by atoms with Crippen LogP contribution in [-0.2, 0) is 0 Å². The highest BCUT2D eigenvalue weighted by Crippen LogP contribution is 2.48. The van der Waals surface area contributed by atoms with E-state index < -0.39 is 0 Å². The zero-order valence-corrected chi connectivity index (χ0v) is 17.3. The third kappa shape index (κ3) is 3.33. The van der Waals surface area contributed by atoms with Gasteiger partial charge in [0.1, 0.15) is 11.4 Å². The average molecular weight is 360 g/mol. The molecule has 0 amide bonds. The van der Waals surface area contributed by atoms with Gasteiger partial charge in [0.25, 0.3) is 0 Å². The number of fused-ring (bicyclic) bond motifs is 3. The molecule has 0 N–H and O–H groups in total. The van der Waals surface area contributed by atoms with E-state index in [2.05, 4.69) is 77.6 Å². The molecule has 2 aromatic rings. The van der Waals surface area contributed by atoms with E-state index in [1.807, 2.05) is 0 Å². The van der Waals surface area contributed by atoms with E-state index in [9.17, 15) is 0 Å². The largest absolute Gasteiger partial charge is 0.487 e. The second-order valence-electron chi connectivity index (χ2n) is 9.15. The van der Waals surface area contributed by atoms with Crippen molar-refractivity contribution < 1.29 is 4.74 Å². The number of alkyl halides is 1. The molecule has 0 saturated carbocycles. The quantitative estimate of drug-likeness (QED) is 0.586. The van der Waals surface area contributed by atoms with Crippen LogP contribution >= 0.6 is 11.6 Å². The van der Waals surface area contributed by atoms with Crippen molar-refractivity contribution in [3.05, 3.63) is 35.4 Å². The van der Waals surface area contributed by atoms with E-state index in [1.165, 1.54) is 27.6 Å². The molecule has 3 rings (SSSR count). The van der Waals surface area contributed by atoms with Crippen LogP contribution in [0.2, 0.25) is 0 Å². The second-order valence-corrected chi connectivity index (χ2v) is 9.46. The molecular formula is C22H30ClNO. The number of nitrogens with zero attached hydrogens (tertiary/aromatic N) is 1. The summed E-state index contributed by atoms with van der Waals surface area (Å²) in [5.74, 6) is 1.96. The maximum Gasteiger partial charge on any atom is 0.130 e. The van der Waals surface area contributed by atoms with Crippen molar-refractivity contribution >= 4 is 28.1 Å². The van der Waals surface area contributed by atoms with Gasteiger partial charge in [-0.1, -0.05) is 18.2 Å². The van der Waals surface area contributed by atoms with Crippen molar-refractivity contribution in [3.8, 4) is 5.75 Å². The summed E-state index contributed by atoms with van der Waals surface area (Å²) in [6.07, 6.45) is 0. The minimum atomic E-state index is -0.234. The zero-order valence-electron chi connectivity index (χ0n) is 16.5. The summed E-state index contributed by atoms with van der Waals surface area (Å²) in [4.78, 5) is 2.48. The van der Waals surface area contributed by atoms with E-state index in [1.54, 1.807) is 0 Å². The standard InChI is InChI=1S/C22H30ClNO/c1-14-9-8-10-16-18(25-22(5,6)7)11-17-20(19(14)16)15(12-23)13-24(17)21(2,3)4/h8-11,15H,12-13H2,1-7H3. The summed E-state index contributed by atoms with van der Waals surface area (Å²) in [6, 6.07) is 8.72. The Morgan fingerprint density at radius 1 is 1.16 bits per heavy atom. The van der Waals surface area contributed by atoms with Crippen molar-refractivity contribution in [1.82, 2.24) is 0 Å². The van der Waals surface area contributed by atoms with Crippen LogP contribution in [-0.4, -0.2) is 23.6 Å². The number of halogens is 1. The molecule has 1 atom stereocenters. The molecular weight excluding hydrogens is 330 g/mol. The summed E-state index contributed by atoms with van der Waals surface area (Å²) < 4.78 is 6.37. The van der Waals surface area contributed by atoms with Crippen molar-refractivity contribution in [2.24, 2.45) is 0 Å². The van der Waals surface area contributed by atoms with Gasteiger partial charge in [-0.3, -0.25) is 0 Å². The first-order chi connectivity index (χ1) is 11.5. The molecule has 0 saturated heterocycles. The van der Waals surface area contributed by atoms with E-state index in [-0.39, 0.29) is 11.1 Å². The monoisotopic (exact) mass is 359 g/mol. The third-order valence-corrected chi connectivity index (χ3v) is 5.24. The fourth-order valence-corrected chi connectivity index (χ4v) is 4.11. The minimum Gasteiger partial charge on any atom is -0.487 e. The van der Waals surface area contributed by atoms with Crippen LogP contribution < -0.4 is 9.64 Å². The summed E-state index contributed by atoms with van der Waals surface area (Å²) in [5, 5.41) is 2.51. The number of hydrogen-bond donors (Lipinski definition) is 0. The Morgan fingerprint density at radius 2 is 1.84 bits per heavy atom. The lowest BCUT2D eigenvalue weighted by molar-refractivity contribution is 0.133. The molecule has 1 aliphatic rings. The van der Waals surface area contributed by atoms with Crippen LogP contribution in [0.5, 0.6) is 5.75 Å². The average Bonchev–Trinajstić information content (AvgIpc) is 2.84. The van der Waals surface area contributed by atoms with E-state index in [0.717, 1.165) is 12.3 Å². The topological polar surface area (TPSA) is 12.5 Å². The molecule has 0 bridgehead atoms. The molecule has 3 heteroatoms. The van der Waals surface area contributed by atoms with Gasteiger partial charge < -0.3 is 9.64 Å². The van der Waals surface area contributed by atoms with Crippen LogP contribution in [0.15, 0.2) is 24.3 Å². The Bertz CT molecular complexity index is 798. The molecule has 0 aliphatic carbocycles. The second kappa shape index (κ2) is 6.09. The third-order valence-electron chi connectivity index (χ3n) is 4.87. The molecule has 0 fully saturated rings. The van der Waals surface area contributed by atoms with Gasteiger partial charge in [-0.25, -0.2) is 0 Å². The van der Waals surface area contributed by atoms with Crippen LogP contribution in [0.1, 0.15) is 58.6 Å². The fourth-order valence-electron chi connectivity index (χ4n) is 3.86. The predicted molar refractivity (Wildman–Crippen MR) is 110 cm³/mol. The molecule has 0 radical (unpaired) electrons. The lowest BCUT2D eigenvalue weighted by Gasteiger charge is -2.35. The first-order valence-electron chi connectivity index (χ1n) is 9.12. The van der Waals surface area contributed by atoms with Gasteiger partial charge in [-0.05, 0) is 65.0 Å². The van der Waals surface area contributed by atoms with Crippen molar-refractivity contribution in [3.63, 3.8) is 0 Å². The van der Waals surface area contributed by atoms with Crippen molar-refractivity contribution in [2.75, 3.05) is 17.3 Å². The summed E-state index contributed by atoms with van der Waals surface area (Å²) in [5.41, 5.74) is 3.77. The first-order valence-corrected chi connectivity index (χ1v) is 9.65. The summed E-state index contributed by atoms with van der Waals surface area (Å²) in [6.45, 7) is 16.2. The number of aryl methyl sites for hydroxylation is 1. The SMILES string of the molecule is Cc1cccc2c(OC(C)(C)C)cc3c(c12)C(CCl)CN3C(C)(C)C. The van der Waals surface area contributed by atoms with E-state index >= 15 is 0 Å². The molecule has 25 heavy (non-hydrogen) atoms. The van der Waals surface area contributed by atoms with Gasteiger partial charge in [0.05, 0.1) is 0 Å². The molecule has 136 valence electrons. The van der Waals surface area contributed by atoms with Crippen LogP contribution in [0.4, 0.5) is 5.69 Å². The van der Waals surface area contributed by atoms with Gasteiger partial charge >= 0.3 is 0 Å². The van der Waals surface area contributed by atoms with Gasteiger partial charge in [-0.2, -0.15) is 0 Å². The Labute approximate surface area is 157 Å². The molecule has 0 aromatic heterocycles. The lowest BCUT2D eigenvalue weighted by atomic mass is 9.92. The lowest BCUT2D eigenvalue weighted by Crippen LogP contribution is -2.40. The van der Waals surface area contributed by atoms with E-state index in [4.69, 9.17) is 16.3 Å². The number of rotatable bonds is 2. The summed E-state index contributed by atoms with van der Waals surface area (Å²) >= 11 is 6.39. The van der Waals surface area contributed by atoms with Gasteiger partial charge in [-0.15, -0.1) is 11.6 Å². The van der Waals surface area contributed by atoms with Gasteiger partial charge in [0.15, 0.2) is 0 Å². The van der Waals surface area contributed by atoms with Crippen molar-refractivity contribution in [1.29, 1.82) is 0 Å². The molecule has 1 aliphatic heterocycles. The molecule has 1 heterocycles. The van der Waals surface area contributed by atoms with Crippen molar-refractivity contribution in [2.45, 2.75) is 65.5 Å². The van der Waals surface area contributed by atoms with Crippen LogP contribution in [0.25, 0.3) is 10.8 Å². The smallest absolute Gasteiger partial charge is 0.130 e. The Morgan fingerprint density at radius 3 is 2.40 bits per heavy atom. The number of benzene rings is 2. The van der Waals surface area contributed by atoms with Crippen LogP contribution in [0, 0.1) is 6.92 Å². The summed E-state index contributed by atoms with van der Waals surface area (Å²) in [7, 11) is 0. The van der Waals surface area contributed by atoms with Gasteiger partial charge in [0.2, 0.25) is 0 Å². The maximum atomic E-state index is 6.39. The highest BCUT2D eigenvalue weighted by molar-refractivity contribution is 6.19. The van der Waals surface area contributed by atoms with Gasteiger partial charge in [0, 0.05) is 41.0 Å². The Balaban J connectivity index is 2.35. The first kappa shape index (κ1) is 18.4. The van der Waals surface area contributed by atoms with E-state index in [0.29, 0.717) is 11.8 Å². The molecule has 2 nitrogen and oxygen atoms in total. The fraction of sp³-hybridized carbons (Fsp3) is 0.545. The Kier molecular flexibility index (Phi) is 4.48. The normalized spacial score (nSPS) is 17.9. The molecule has 0 spiro atoms. The highest BCUT2D eigenvalue weighted by atomic mass is 35.5. The van der Waals surface area contributed by atoms with Crippen LogP contribution in [0.3, 0.4) is 0 Å². The Hall–Kier alpha value is -1.41. The highest BCUT2D eigenvalue weighted by Gasteiger charge is 2.37. The molecule has 1 unspecified atom stereocenters. The number of anilines is 1. The number of hydrogen-bond acceptors (Lipinski definition) is 2. The maximum absolute atomic E-state index is 6.39. The predicted octanol–water partition coefficient (Wildman–Crippen LogP) is 6.27. The number of ether oxygens (including phenoxy) is 1.